The van der Waals surface area contributed by atoms with E-state index < -0.39 is 5.25 Å². The fourth-order valence-electron chi connectivity index (χ4n) is 1.76. The molecule has 102 valence electrons. The maximum Gasteiger partial charge on any atom is 0.289 e. The third-order valence-electron chi connectivity index (χ3n) is 2.76. The van der Waals surface area contributed by atoms with Crippen molar-refractivity contribution in [3.8, 4) is 0 Å². The number of carbonyl (C=O) groups is 2. The molecule has 1 aromatic carbocycles. The average molecular weight is 319 g/mol. The molecule has 1 heterocycles. The van der Waals surface area contributed by atoms with E-state index in [0.717, 1.165) is 11.8 Å². The van der Waals surface area contributed by atoms with E-state index in [1.807, 2.05) is 0 Å². The Morgan fingerprint density at radius 1 is 1.32 bits per heavy atom. The molecule has 7 heteroatoms. The quantitative estimate of drug-likeness (QED) is 0.927. The van der Waals surface area contributed by atoms with Gasteiger partial charge in [-0.2, -0.15) is 0 Å². The van der Waals surface area contributed by atoms with Gasteiger partial charge in [0, 0.05) is 13.1 Å². The van der Waals surface area contributed by atoms with Crippen LogP contribution in [0.2, 0.25) is 10.0 Å². The van der Waals surface area contributed by atoms with E-state index in [1.165, 1.54) is 4.90 Å². The molecule has 1 N–H and O–H groups in total. The van der Waals surface area contributed by atoms with E-state index in [4.69, 9.17) is 23.2 Å². The molecule has 19 heavy (non-hydrogen) atoms. The molecule has 2 amide bonds. The summed E-state index contributed by atoms with van der Waals surface area (Å²) in [5, 5.41) is 2.97. The number of rotatable bonds is 4. The number of hydrogen-bond acceptors (Lipinski definition) is 4. The summed E-state index contributed by atoms with van der Waals surface area (Å²) in [6.07, 6.45) is 0. The number of thioether (sulfide) groups is 1. The number of carbonyl (C=O) groups excluding carboxylic acids is 2. The minimum Gasteiger partial charge on any atom is -0.318 e. The van der Waals surface area contributed by atoms with Gasteiger partial charge in [-0.15, -0.1) is 0 Å². The molecule has 1 unspecified atom stereocenters. The summed E-state index contributed by atoms with van der Waals surface area (Å²) in [5.41, 5.74) is 0.699. The molecule has 1 atom stereocenters. The van der Waals surface area contributed by atoms with Crippen LogP contribution in [0.15, 0.2) is 18.2 Å². The lowest BCUT2D eigenvalue weighted by molar-refractivity contribution is -0.126. The molecule has 0 aliphatic carbocycles. The zero-order chi connectivity index (χ0) is 14.0. The highest BCUT2D eigenvalue weighted by Crippen LogP contribution is 2.40. The summed E-state index contributed by atoms with van der Waals surface area (Å²) in [5.74, 6) is -0.205. The standard InChI is InChI=1S/C12H12Cl2N2O2S/c1-15-4-5-16-11(17)10(19-12(16)18)7-2-3-8(13)9(14)6-7/h2-3,6,10,15H,4-5H2,1H3. The van der Waals surface area contributed by atoms with Gasteiger partial charge in [-0.3, -0.25) is 14.5 Å². The summed E-state index contributed by atoms with van der Waals surface area (Å²) >= 11 is 12.8. The highest BCUT2D eigenvalue weighted by Gasteiger charge is 2.40. The maximum absolute atomic E-state index is 12.2. The number of likely N-dealkylation sites (N-methyl/N-ethyl adjacent to an activating group) is 1. The van der Waals surface area contributed by atoms with Crippen molar-refractivity contribution in [2.45, 2.75) is 5.25 Å². The van der Waals surface area contributed by atoms with Gasteiger partial charge in [0.05, 0.1) is 10.0 Å². The van der Waals surface area contributed by atoms with Crippen LogP contribution in [0.4, 0.5) is 4.79 Å². The number of halogens is 2. The molecular formula is C12H12Cl2N2O2S. The lowest BCUT2D eigenvalue weighted by Gasteiger charge is -2.13. The number of nitrogens with zero attached hydrogens (tertiary/aromatic N) is 1. The Hall–Kier alpha value is -0.750. The van der Waals surface area contributed by atoms with Crippen LogP contribution < -0.4 is 5.32 Å². The highest BCUT2D eigenvalue weighted by atomic mass is 35.5. The van der Waals surface area contributed by atoms with Crippen molar-refractivity contribution in [1.82, 2.24) is 10.2 Å². The van der Waals surface area contributed by atoms with Gasteiger partial charge in [-0.05, 0) is 36.5 Å². The predicted molar refractivity (Wildman–Crippen MR) is 77.8 cm³/mol. The zero-order valence-electron chi connectivity index (χ0n) is 10.2. The summed E-state index contributed by atoms with van der Waals surface area (Å²) in [4.78, 5) is 25.3. The van der Waals surface area contributed by atoms with Crippen molar-refractivity contribution in [3.63, 3.8) is 0 Å². The fourth-order valence-corrected chi connectivity index (χ4v) is 3.08. The van der Waals surface area contributed by atoms with Crippen LogP contribution in [0.25, 0.3) is 0 Å². The van der Waals surface area contributed by atoms with Crippen molar-refractivity contribution in [3.05, 3.63) is 33.8 Å². The average Bonchev–Trinajstić information content (AvgIpc) is 2.66. The molecule has 2 rings (SSSR count). The molecule has 0 bridgehead atoms. The number of nitrogens with one attached hydrogen (secondary N) is 1. The summed E-state index contributed by atoms with van der Waals surface area (Å²) in [7, 11) is 1.77. The van der Waals surface area contributed by atoms with Crippen molar-refractivity contribution >= 4 is 46.1 Å². The lowest BCUT2D eigenvalue weighted by Crippen LogP contribution is -2.35. The molecule has 1 aromatic rings. The summed E-state index contributed by atoms with van der Waals surface area (Å²) < 4.78 is 0. The highest BCUT2D eigenvalue weighted by molar-refractivity contribution is 8.14. The maximum atomic E-state index is 12.2. The van der Waals surface area contributed by atoms with Gasteiger partial charge >= 0.3 is 0 Å². The van der Waals surface area contributed by atoms with Crippen molar-refractivity contribution in [2.75, 3.05) is 20.1 Å². The topological polar surface area (TPSA) is 49.4 Å². The number of hydrogen-bond donors (Lipinski definition) is 1. The van der Waals surface area contributed by atoms with Crippen molar-refractivity contribution < 1.29 is 9.59 Å². The van der Waals surface area contributed by atoms with Gasteiger partial charge in [0.2, 0.25) is 5.91 Å². The Labute approximate surface area is 125 Å². The van der Waals surface area contributed by atoms with Gasteiger partial charge in [0.15, 0.2) is 0 Å². The molecule has 0 radical (unpaired) electrons. The Morgan fingerprint density at radius 3 is 2.68 bits per heavy atom. The van der Waals surface area contributed by atoms with Crippen LogP contribution in [0.3, 0.4) is 0 Å². The monoisotopic (exact) mass is 318 g/mol. The minimum atomic E-state index is -0.529. The first-order valence-electron chi connectivity index (χ1n) is 5.66. The Kier molecular flexibility index (Phi) is 4.73. The van der Waals surface area contributed by atoms with E-state index in [2.05, 4.69) is 5.32 Å². The predicted octanol–water partition coefficient (Wildman–Crippen LogP) is 2.95. The van der Waals surface area contributed by atoms with Crippen molar-refractivity contribution in [2.24, 2.45) is 0 Å². The largest absolute Gasteiger partial charge is 0.318 e. The molecule has 1 aliphatic rings. The van der Waals surface area contributed by atoms with E-state index in [0.29, 0.717) is 28.7 Å². The van der Waals surface area contributed by atoms with Gasteiger partial charge in [0.1, 0.15) is 5.25 Å². The second-order valence-corrected chi connectivity index (χ2v) is 5.90. The van der Waals surface area contributed by atoms with E-state index in [-0.39, 0.29) is 11.1 Å². The number of amides is 2. The second-order valence-electron chi connectivity index (χ2n) is 4.03. The summed E-state index contributed by atoms with van der Waals surface area (Å²) in [6, 6.07) is 4.99. The Morgan fingerprint density at radius 2 is 2.05 bits per heavy atom. The number of benzene rings is 1. The zero-order valence-corrected chi connectivity index (χ0v) is 12.5. The number of imide groups is 1. The van der Waals surface area contributed by atoms with Crippen LogP contribution in [-0.2, 0) is 4.79 Å². The molecule has 0 saturated carbocycles. The van der Waals surface area contributed by atoms with E-state index in [9.17, 15) is 9.59 Å². The minimum absolute atomic E-state index is 0.205. The van der Waals surface area contributed by atoms with Crippen LogP contribution >= 0.6 is 35.0 Å². The van der Waals surface area contributed by atoms with Gasteiger partial charge in [0.25, 0.3) is 5.24 Å². The van der Waals surface area contributed by atoms with E-state index in [1.54, 1.807) is 25.2 Å². The van der Waals surface area contributed by atoms with Crippen LogP contribution in [-0.4, -0.2) is 36.2 Å². The lowest BCUT2D eigenvalue weighted by atomic mass is 10.1. The summed E-state index contributed by atoms with van der Waals surface area (Å²) in [6.45, 7) is 0.950. The van der Waals surface area contributed by atoms with Gasteiger partial charge < -0.3 is 5.32 Å². The van der Waals surface area contributed by atoms with Gasteiger partial charge in [-0.25, -0.2) is 0 Å². The molecule has 4 nitrogen and oxygen atoms in total. The molecule has 1 saturated heterocycles. The first-order valence-corrected chi connectivity index (χ1v) is 7.29. The van der Waals surface area contributed by atoms with Crippen LogP contribution in [0.5, 0.6) is 0 Å². The van der Waals surface area contributed by atoms with E-state index >= 15 is 0 Å². The van der Waals surface area contributed by atoms with Gasteiger partial charge in [-0.1, -0.05) is 29.3 Å². The molecule has 0 aromatic heterocycles. The smallest absolute Gasteiger partial charge is 0.289 e. The molecular weight excluding hydrogens is 307 g/mol. The normalized spacial score (nSPS) is 19.3. The second kappa shape index (κ2) is 6.13. The Bertz CT molecular complexity index is 524. The van der Waals surface area contributed by atoms with Crippen molar-refractivity contribution in [1.29, 1.82) is 0 Å². The fraction of sp³-hybridized carbons (Fsp3) is 0.333. The van der Waals surface area contributed by atoms with Crippen LogP contribution in [0.1, 0.15) is 10.8 Å². The Balaban J connectivity index is 2.20. The molecule has 1 fully saturated rings. The third kappa shape index (κ3) is 3.05. The molecule has 1 aliphatic heterocycles. The third-order valence-corrected chi connectivity index (χ3v) is 4.63. The SMILES string of the molecule is CNCCN1C(=O)SC(c2ccc(Cl)c(Cl)c2)C1=O. The first kappa shape index (κ1) is 14.7. The van der Waals surface area contributed by atoms with Crippen LogP contribution in [0, 0.1) is 0 Å². The molecule has 0 spiro atoms. The first-order chi connectivity index (χ1) is 9.04.